The normalized spacial score (nSPS) is 24.0. The van der Waals surface area contributed by atoms with Crippen LogP contribution in [0.3, 0.4) is 0 Å². The largest absolute Gasteiger partial charge is 0.503 e. The molecule has 2 atom stereocenters. The molecule has 1 saturated heterocycles. The second-order valence-electron chi connectivity index (χ2n) is 8.72. The van der Waals surface area contributed by atoms with E-state index in [9.17, 15) is 28.3 Å². The summed E-state index contributed by atoms with van der Waals surface area (Å²) < 4.78 is 28.4. The van der Waals surface area contributed by atoms with E-state index in [1.165, 1.54) is 16.8 Å². The van der Waals surface area contributed by atoms with Crippen molar-refractivity contribution in [1.29, 1.82) is 0 Å². The van der Waals surface area contributed by atoms with Crippen molar-refractivity contribution in [3.8, 4) is 5.75 Å². The van der Waals surface area contributed by atoms with Crippen molar-refractivity contribution in [2.45, 2.75) is 44.3 Å². The van der Waals surface area contributed by atoms with E-state index < -0.39 is 28.7 Å². The van der Waals surface area contributed by atoms with Gasteiger partial charge in [-0.2, -0.15) is 0 Å². The summed E-state index contributed by atoms with van der Waals surface area (Å²) in [6.07, 6.45) is 5.08. The molecule has 2 fully saturated rings. The number of hydrogen-bond acceptors (Lipinski definition) is 4. The zero-order chi connectivity index (χ0) is 21.9. The molecule has 5 rings (SSSR count). The Bertz CT molecular complexity index is 1180. The van der Waals surface area contributed by atoms with Crippen molar-refractivity contribution in [3.05, 3.63) is 63.1 Å². The van der Waals surface area contributed by atoms with Gasteiger partial charge in [-0.15, -0.1) is 0 Å². The highest BCUT2D eigenvalue weighted by Gasteiger charge is 2.53. The molecule has 2 aromatic rings. The van der Waals surface area contributed by atoms with Gasteiger partial charge in [0, 0.05) is 37.5 Å². The molecule has 1 saturated carbocycles. The van der Waals surface area contributed by atoms with Crippen LogP contribution in [0.25, 0.3) is 0 Å². The highest BCUT2D eigenvalue weighted by atomic mass is 19.1. The van der Waals surface area contributed by atoms with Crippen LogP contribution < -0.4 is 10.7 Å². The smallest absolute Gasteiger partial charge is 0.275 e. The van der Waals surface area contributed by atoms with Crippen molar-refractivity contribution in [2.75, 3.05) is 6.54 Å². The maximum Gasteiger partial charge on any atom is 0.275 e. The summed E-state index contributed by atoms with van der Waals surface area (Å²) in [5.41, 5.74) is -1.66. The zero-order valence-electron chi connectivity index (χ0n) is 16.7. The number of benzene rings is 1. The Morgan fingerprint density at radius 2 is 2.10 bits per heavy atom. The number of amides is 2. The fourth-order valence-electron chi connectivity index (χ4n) is 5.38. The first-order valence-corrected chi connectivity index (χ1v) is 10.3. The number of fused-ring (bicyclic) bond motifs is 2. The quantitative estimate of drug-likeness (QED) is 0.782. The highest BCUT2D eigenvalue weighted by molar-refractivity contribution is 5.99. The van der Waals surface area contributed by atoms with Gasteiger partial charge in [-0.3, -0.25) is 14.4 Å². The summed E-state index contributed by atoms with van der Waals surface area (Å²) in [6, 6.07) is 2.98. The van der Waals surface area contributed by atoms with E-state index >= 15 is 0 Å². The van der Waals surface area contributed by atoms with Gasteiger partial charge in [-0.1, -0.05) is 12.5 Å². The van der Waals surface area contributed by atoms with E-state index in [1.54, 1.807) is 4.90 Å². The number of halogens is 2. The number of hydrogen-bond donors (Lipinski definition) is 2. The molecule has 2 N–H and O–H groups in total. The molecule has 31 heavy (non-hydrogen) atoms. The van der Waals surface area contributed by atoms with Crippen molar-refractivity contribution < 1.29 is 23.5 Å². The van der Waals surface area contributed by atoms with E-state index in [0.717, 1.165) is 31.7 Å². The van der Waals surface area contributed by atoms with Gasteiger partial charge >= 0.3 is 0 Å². The Morgan fingerprint density at radius 1 is 1.29 bits per heavy atom. The fourth-order valence-corrected chi connectivity index (χ4v) is 5.38. The summed E-state index contributed by atoms with van der Waals surface area (Å²) in [5, 5.41) is 12.9. The molecular formula is C22H21F2N3O4. The SMILES string of the molecule is O=C(NCc1ccc(F)cc1F)c1cn2c(c(O)c1=O)C(=O)N1CC3CCCC1(C3)C2. The molecule has 2 bridgehead atoms. The van der Waals surface area contributed by atoms with Crippen LogP contribution in [0.4, 0.5) is 8.78 Å². The van der Waals surface area contributed by atoms with Crippen LogP contribution in [-0.4, -0.2) is 38.5 Å². The molecule has 1 aliphatic carbocycles. The van der Waals surface area contributed by atoms with Gasteiger partial charge in [-0.05, 0) is 31.2 Å². The number of aromatic nitrogens is 1. The Labute approximate surface area is 176 Å². The van der Waals surface area contributed by atoms with Crippen LogP contribution >= 0.6 is 0 Å². The molecule has 7 nitrogen and oxygen atoms in total. The molecule has 3 aliphatic rings. The van der Waals surface area contributed by atoms with Crippen LogP contribution in [0, 0.1) is 17.6 Å². The molecule has 3 heterocycles. The summed E-state index contributed by atoms with van der Waals surface area (Å²) in [4.78, 5) is 40.2. The third-order valence-corrected chi connectivity index (χ3v) is 6.80. The number of nitrogens with one attached hydrogen (secondary N) is 1. The van der Waals surface area contributed by atoms with Gasteiger partial charge in [0.15, 0.2) is 11.4 Å². The summed E-state index contributed by atoms with van der Waals surface area (Å²) in [6.45, 7) is 0.772. The van der Waals surface area contributed by atoms with Crippen LogP contribution in [0.5, 0.6) is 5.75 Å². The Hall–Kier alpha value is -3.23. The lowest BCUT2D eigenvalue weighted by molar-refractivity contribution is 0.0419. The number of rotatable bonds is 3. The third-order valence-electron chi connectivity index (χ3n) is 6.80. The molecule has 9 heteroatoms. The van der Waals surface area contributed by atoms with Gasteiger partial charge in [-0.25, -0.2) is 8.78 Å². The second-order valence-corrected chi connectivity index (χ2v) is 8.72. The van der Waals surface area contributed by atoms with Crippen LogP contribution in [-0.2, 0) is 13.1 Å². The first-order valence-electron chi connectivity index (χ1n) is 10.3. The number of pyridine rings is 1. The van der Waals surface area contributed by atoms with E-state index in [2.05, 4.69) is 5.32 Å². The minimum Gasteiger partial charge on any atom is -0.503 e. The minimum absolute atomic E-state index is 0.0564. The standard InChI is InChI=1S/C22H21F2N3O4/c23-14-4-3-13(16(24)6-14)8-25-20(30)15-10-26-11-22-5-1-2-12(7-22)9-27(22)21(31)17(26)19(29)18(15)28/h3-4,6,10,12,29H,1-2,5,7-9,11H2,(H,25,30). The minimum atomic E-state index is -0.949. The van der Waals surface area contributed by atoms with E-state index in [1.807, 2.05) is 0 Å². The summed E-state index contributed by atoms with van der Waals surface area (Å²) in [5.74, 6) is -3.08. The van der Waals surface area contributed by atoms with E-state index in [4.69, 9.17) is 0 Å². The lowest BCUT2D eigenvalue weighted by Crippen LogP contribution is -2.55. The predicted octanol–water partition coefficient (Wildman–Crippen LogP) is 2.16. The average Bonchev–Trinajstić information content (AvgIpc) is 2.99. The molecule has 2 unspecified atom stereocenters. The monoisotopic (exact) mass is 429 g/mol. The van der Waals surface area contributed by atoms with Gasteiger partial charge < -0.3 is 19.9 Å². The molecule has 1 aromatic heterocycles. The lowest BCUT2D eigenvalue weighted by atomic mass is 9.79. The Kier molecular flexibility index (Phi) is 4.39. The summed E-state index contributed by atoms with van der Waals surface area (Å²) in [7, 11) is 0. The molecule has 1 spiro atoms. The number of aromatic hydroxyl groups is 1. The lowest BCUT2D eigenvalue weighted by Gasteiger charge is -2.44. The molecule has 2 amide bonds. The maximum absolute atomic E-state index is 13.8. The molecule has 0 radical (unpaired) electrons. The number of carbonyl (C=O) groups is 2. The summed E-state index contributed by atoms with van der Waals surface area (Å²) >= 11 is 0. The van der Waals surface area contributed by atoms with Crippen LogP contribution in [0.15, 0.2) is 29.2 Å². The topological polar surface area (TPSA) is 91.6 Å². The van der Waals surface area contributed by atoms with Gasteiger partial charge in [0.25, 0.3) is 11.8 Å². The highest BCUT2D eigenvalue weighted by Crippen LogP contribution is 2.48. The van der Waals surface area contributed by atoms with E-state index in [0.29, 0.717) is 25.1 Å². The van der Waals surface area contributed by atoms with Gasteiger partial charge in [0.1, 0.15) is 17.2 Å². The molecule has 1 aromatic carbocycles. The predicted molar refractivity (Wildman–Crippen MR) is 106 cm³/mol. The number of carbonyl (C=O) groups excluding carboxylic acids is 2. The third kappa shape index (κ3) is 3.02. The van der Waals surface area contributed by atoms with Crippen molar-refractivity contribution in [3.63, 3.8) is 0 Å². The maximum atomic E-state index is 13.8. The van der Waals surface area contributed by atoms with Crippen molar-refractivity contribution in [2.24, 2.45) is 5.92 Å². The fraction of sp³-hybridized carbons (Fsp3) is 0.409. The van der Waals surface area contributed by atoms with Gasteiger partial charge in [0.2, 0.25) is 5.43 Å². The van der Waals surface area contributed by atoms with Crippen LogP contribution in [0.2, 0.25) is 0 Å². The van der Waals surface area contributed by atoms with Crippen molar-refractivity contribution in [1.82, 2.24) is 14.8 Å². The van der Waals surface area contributed by atoms with E-state index in [-0.39, 0.29) is 34.8 Å². The number of nitrogens with zero attached hydrogens (tertiary/aromatic N) is 2. The van der Waals surface area contributed by atoms with Gasteiger partial charge in [0.05, 0.1) is 5.54 Å². The second kappa shape index (κ2) is 6.90. The Balaban J connectivity index is 1.46. The first kappa shape index (κ1) is 19.7. The van der Waals surface area contributed by atoms with Crippen molar-refractivity contribution >= 4 is 11.8 Å². The molecule has 2 aliphatic heterocycles. The zero-order valence-corrected chi connectivity index (χ0v) is 16.7. The average molecular weight is 429 g/mol. The molecule has 162 valence electrons. The first-order chi connectivity index (χ1) is 14.8. The van der Waals surface area contributed by atoms with Crippen LogP contribution in [0.1, 0.15) is 52.1 Å². The Morgan fingerprint density at radius 3 is 2.87 bits per heavy atom. The molecular weight excluding hydrogens is 408 g/mol.